The van der Waals surface area contributed by atoms with E-state index in [2.05, 4.69) is 13.8 Å². The molecule has 0 radical (unpaired) electrons. The molecule has 1 aromatic carbocycles. The van der Waals surface area contributed by atoms with Gasteiger partial charge in [-0.15, -0.1) is 0 Å². The largest absolute Gasteiger partial charge is 0.463 e. The third-order valence-corrected chi connectivity index (χ3v) is 5.35. The summed E-state index contributed by atoms with van der Waals surface area (Å²) in [6.07, 6.45) is -0.961. The molecule has 1 fully saturated rings. The Hall–Kier alpha value is -1.57. The topological polar surface area (TPSA) is 71.1 Å². The van der Waals surface area contributed by atoms with Crippen LogP contribution in [0.5, 0.6) is 0 Å². The van der Waals surface area contributed by atoms with Crippen molar-refractivity contribution in [2.45, 2.75) is 69.7 Å². The van der Waals surface area contributed by atoms with Crippen molar-refractivity contribution in [2.75, 3.05) is 6.61 Å². The zero-order chi connectivity index (χ0) is 19.8. The summed E-state index contributed by atoms with van der Waals surface area (Å²) in [6, 6.07) is 9.71. The summed E-state index contributed by atoms with van der Waals surface area (Å²) < 4.78 is 22.7. The predicted molar refractivity (Wildman–Crippen MR) is 103 cm³/mol. The van der Waals surface area contributed by atoms with Gasteiger partial charge in [0.15, 0.2) is 12.4 Å². The first-order valence-electron chi connectivity index (χ1n) is 9.12. The van der Waals surface area contributed by atoms with E-state index < -0.39 is 12.4 Å². The molecule has 0 bridgehead atoms. The van der Waals surface area contributed by atoms with Crippen molar-refractivity contribution in [2.24, 2.45) is 0 Å². The Morgan fingerprint density at radius 3 is 2.48 bits per heavy atom. The number of hydrogen-bond acceptors (Lipinski definition) is 7. The molecule has 2 rings (SSSR count). The molecule has 1 aromatic rings. The molecule has 1 aliphatic heterocycles. The van der Waals surface area contributed by atoms with Crippen LogP contribution in [-0.2, 0) is 35.1 Å². The van der Waals surface area contributed by atoms with Gasteiger partial charge in [0.05, 0.1) is 6.61 Å². The minimum atomic E-state index is -0.710. The van der Waals surface area contributed by atoms with Crippen LogP contribution in [0.2, 0.25) is 0 Å². The fourth-order valence-corrected chi connectivity index (χ4v) is 4.21. The highest BCUT2D eigenvalue weighted by Gasteiger charge is 2.41. The zero-order valence-corrected chi connectivity index (χ0v) is 17.1. The first-order chi connectivity index (χ1) is 12.8. The van der Waals surface area contributed by atoms with Crippen molar-refractivity contribution in [1.82, 2.24) is 0 Å². The summed E-state index contributed by atoms with van der Waals surface area (Å²) in [5.74, 6) is -0.723. The number of carbonyl (C=O) groups excluding carboxylic acids is 2. The van der Waals surface area contributed by atoms with Crippen LogP contribution in [-0.4, -0.2) is 47.5 Å². The van der Waals surface area contributed by atoms with E-state index in [9.17, 15) is 9.59 Å². The molecule has 0 amide bonds. The molecule has 0 aromatic heterocycles. The highest BCUT2D eigenvalue weighted by Crippen LogP contribution is 2.34. The molecule has 1 saturated heterocycles. The van der Waals surface area contributed by atoms with Crippen LogP contribution >= 0.6 is 11.8 Å². The van der Waals surface area contributed by atoms with Crippen LogP contribution in [0.3, 0.4) is 0 Å². The van der Waals surface area contributed by atoms with E-state index in [0.717, 1.165) is 5.56 Å². The number of benzene rings is 1. The Kier molecular flexibility index (Phi) is 8.60. The zero-order valence-electron chi connectivity index (χ0n) is 16.3. The third-order valence-electron chi connectivity index (χ3n) is 3.96. The molecule has 1 aliphatic rings. The van der Waals surface area contributed by atoms with Crippen LogP contribution in [0.15, 0.2) is 30.3 Å². The highest BCUT2D eigenvalue weighted by molar-refractivity contribution is 8.00. The molecule has 0 saturated carbocycles. The Bertz CT molecular complexity index is 606. The van der Waals surface area contributed by atoms with E-state index in [1.807, 2.05) is 30.3 Å². The van der Waals surface area contributed by atoms with Crippen molar-refractivity contribution >= 4 is 23.7 Å². The lowest BCUT2D eigenvalue weighted by Crippen LogP contribution is -2.50. The summed E-state index contributed by atoms with van der Waals surface area (Å²) in [6.45, 7) is 7.42. The van der Waals surface area contributed by atoms with Crippen molar-refractivity contribution < 1.29 is 28.5 Å². The fourth-order valence-electron chi connectivity index (χ4n) is 2.89. The Balaban J connectivity index is 2.09. The van der Waals surface area contributed by atoms with Gasteiger partial charge in [-0.2, -0.15) is 11.8 Å². The van der Waals surface area contributed by atoms with Gasteiger partial charge < -0.3 is 18.9 Å². The Labute approximate surface area is 164 Å². The number of esters is 2. The van der Waals surface area contributed by atoms with Gasteiger partial charge in [0.1, 0.15) is 12.7 Å². The van der Waals surface area contributed by atoms with Crippen molar-refractivity contribution in [1.29, 1.82) is 0 Å². The van der Waals surface area contributed by atoms with Crippen LogP contribution in [0.4, 0.5) is 0 Å². The van der Waals surface area contributed by atoms with E-state index >= 15 is 0 Å². The first-order valence-corrected chi connectivity index (χ1v) is 10.1. The molecule has 150 valence electrons. The minimum absolute atomic E-state index is 0.0327. The first kappa shape index (κ1) is 21.7. The number of rotatable bonds is 8. The van der Waals surface area contributed by atoms with Gasteiger partial charge in [-0.25, -0.2) is 0 Å². The van der Waals surface area contributed by atoms with E-state index in [0.29, 0.717) is 18.3 Å². The number of thioether (sulfide) groups is 1. The smallest absolute Gasteiger partial charge is 0.303 e. The second-order valence-electron chi connectivity index (χ2n) is 6.75. The standard InChI is InChI=1S/C20H28O6S/c1-13(2)27-19-10-17(25-15(4)22)20(26-18(19)12-23-14(3)21)24-11-16-8-6-5-7-9-16/h5-9,13,17-20H,10-12H2,1-4H3/t17-,18+,19+,20-/m0/s1. The molecular formula is C20H28O6S. The number of carbonyl (C=O) groups is 2. The molecule has 1 heterocycles. The SMILES string of the molecule is CC(=O)OC[C@H]1O[C@H](OCc2ccccc2)[C@@H](OC(C)=O)C[C@H]1SC(C)C. The molecule has 0 unspecified atom stereocenters. The average molecular weight is 397 g/mol. The van der Waals surface area contributed by atoms with Crippen molar-refractivity contribution in [3.8, 4) is 0 Å². The maximum atomic E-state index is 11.5. The van der Waals surface area contributed by atoms with Gasteiger partial charge in [0.2, 0.25) is 0 Å². The average Bonchev–Trinajstić information content (AvgIpc) is 2.59. The van der Waals surface area contributed by atoms with Gasteiger partial charge >= 0.3 is 11.9 Å². The monoisotopic (exact) mass is 396 g/mol. The van der Waals surface area contributed by atoms with Crippen molar-refractivity contribution in [3.05, 3.63) is 35.9 Å². The second kappa shape index (κ2) is 10.7. The molecular weight excluding hydrogens is 368 g/mol. The lowest BCUT2D eigenvalue weighted by Gasteiger charge is -2.40. The fraction of sp³-hybridized carbons (Fsp3) is 0.600. The van der Waals surface area contributed by atoms with E-state index in [4.69, 9.17) is 18.9 Å². The molecule has 7 heteroatoms. The molecule has 6 nitrogen and oxygen atoms in total. The van der Waals surface area contributed by atoms with Crippen LogP contribution < -0.4 is 0 Å². The van der Waals surface area contributed by atoms with E-state index in [-0.39, 0.29) is 29.9 Å². The molecule has 27 heavy (non-hydrogen) atoms. The van der Waals surface area contributed by atoms with Gasteiger partial charge in [0.25, 0.3) is 0 Å². The summed E-state index contributed by atoms with van der Waals surface area (Å²) in [5.41, 5.74) is 0.998. The van der Waals surface area contributed by atoms with E-state index in [1.54, 1.807) is 11.8 Å². The van der Waals surface area contributed by atoms with Crippen LogP contribution in [0.25, 0.3) is 0 Å². The predicted octanol–water partition coefficient (Wildman–Crippen LogP) is 3.32. The summed E-state index contributed by atoms with van der Waals surface area (Å²) >= 11 is 1.72. The van der Waals surface area contributed by atoms with Crippen LogP contribution in [0.1, 0.15) is 39.7 Å². The highest BCUT2D eigenvalue weighted by atomic mass is 32.2. The van der Waals surface area contributed by atoms with Gasteiger partial charge in [-0.3, -0.25) is 9.59 Å². The Morgan fingerprint density at radius 2 is 1.89 bits per heavy atom. The maximum absolute atomic E-state index is 11.5. The molecule has 0 N–H and O–H groups in total. The third kappa shape index (κ3) is 7.52. The van der Waals surface area contributed by atoms with Crippen LogP contribution in [0, 0.1) is 0 Å². The molecule has 4 atom stereocenters. The summed E-state index contributed by atoms with van der Waals surface area (Å²) in [5, 5.41) is 0.392. The molecule has 0 aliphatic carbocycles. The number of hydrogen-bond donors (Lipinski definition) is 0. The summed E-state index contributed by atoms with van der Waals surface area (Å²) in [4.78, 5) is 22.8. The lowest BCUT2D eigenvalue weighted by molar-refractivity contribution is -0.254. The van der Waals surface area contributed by atoms with Crippen molar-refractivity contribution in [3.63, 3.8) is 0 Å². The van der Waals surface area contributed by atoms with Gasteiger partial charge in [0, 0.05) is 25.5 Å². The quantitative estimate of drug-likeness (QED) is 0.624. The molecule has 0 spiro atoms. The number of ether oxygens (including phenoxy) is 4. The van der Waals surface area contributed by atoms with E-state index in [1.165, 1.54) is 13.8 Å². The summed E-state index contributed by atoms with van der Waals surface area (Å²) in [7, 11) is 0. The van der Waals surface area contributed by atoms with Gasteiger partial charge in [-0.1, -0.05) is 44.2 Å². The lowest BCUT2D eigenvalue weighted by atomic mass is 10.1. The van der Waals surface area contributed by atoms with Gasteiger partial charge in [-0.05, 0) is 10.8 Å². The Morgan fingerprint density at radius 1 is 1.19 bits per heavy atom. The minimum Gasteiger partial charge on any atom is -0.463 e. The normalized spacial score (nSPS) is 25.2. The maximum Gasteiger partial charge on any atom is 0.303 e. The second-order valence-corrected chi connectivity index (χ2v) is 8.57.